The summed E-state index contributed by atoms with van der Waals surface area (Å²) in [4.78, 5) is 17.6. The normalized spacial score (nSPS) is 14.5. The third-order valence-corrected chi connectivity index (χ3v) is 6.88. The maximum Gasteiger partial charge on any atom is 0.310 e. The van der Waals surface area contributed by atoms with E-state index in [2.05, 4.69) is 15.1 Å². The van der Waals surface area contributed by atoms with Gasteiger partial charge in [-0.2, -0.15) is 5.10 Å². The van der Waals surface area contributed by atoms with Crippen LogP contribution in [-0.2, 0) is 6.42 Å². The first-order valence-electron chi connectivity index (χ1n) is 10.9. The van der Waals surface area contributed by atoms with Gasteiger partial charge in [0.05, 0.1) is 32.2 Å². The highest BCUT2D eigenvalue weighted by Gasteiger charge is 2.65. The minimum absolute atomic E-state index is 0.298. The lowest BCUT2D eigenvalue weighted by molar-refractivity contribution is 0.354. The first kappa shape index (κ1) is 26.2. The van der Waals surface area contributed by atoms with Crippen molar-refractivity contribution in [2.45, 2.75) is 24.3 Å². The van der Waals surface area contributed by atoms with Crippen LogP contribution in [0.2, 0.25) is 0 Å². The van der Waals surface area contributed by atoms with E-state index in [9.17, 15) is 24.2 Å². The number of H-pyrrole nitrogens is 1. The molecule has 0 saturated carbocycles. The summed E-state index contributed by atoms with van der Waals surface area (Å²) in [5.41, 5.74) is 1.61. The number of ether oxygens (including phenoxy) is 2. The largest absolute Gasteiger partial charge is 0.493 e. The van der Waals surface area contributed by atoms with Crippen LogP contribution in [0.3, 0.4) is 0 Å². The Morgan fingerprint density at radius 2 is 1.65 bits per heavy atom. The molecule has 0 amide bonds. The molecule has 7 nitrogen and oxygen atoms in total. The van der Waals surface area contributed by atoms with Gasteiger partial charge in [0.25, 0.3) is 5.56 Å². The molecule has 1 N–H and O–H groups in total. The van der Waals surface area contributed by atoms with Crippen molar-refractivity contribution in [3.63, 3.8) is 0 Å². The van der Waals surface area contributed by atoms with E-state index in [0.717, 1.165) is 17.7 Å². The Hall–Kier alpha value is -3.87. The van der Waals surface area contributed by atoms with Crippen molar-refractivity contribution in [2.24, 2.45) is 0 Å². The number of halogens is 5. The van der Waals surface area contributed by atoms with Crippen LogP contribution in [0.5, 0.6) is 11.5 Å². The van der Waals surface area contributed by atoms with Crippen LogP contribution in [-0.4, -0.2) is 34.0 Å². The summed E-state index contributed by atoms with van der Waals surface area (Å²) in [6.07, 6.45) is 3.33. The number of aromatic nitrogens is 4. The third kappa shape index (κ3) is 5.93. The Morgan fingerprint density at radius 3 is 2.27 bits per heavy atom. The molecule has 13 heteroatoms. The van der Waals surface area contributed by atoms with E-state index in [0.29, 0.717) is 52.7 Å². The molecule has 2 aromatic carbocycles. The summed E-state index contributed by atoms with van der Waals surface area (Å²) in [7, 11) is -6.71. The zero-order valence-electron chi connectivity index (χ0n) is 19.9. The molecule has 0 saturated heterocycles. The van der Waals surface area contributed by atoms with Crippen LogP contribution < -0.4 is 15.0 Å². The fraction of sp³-hybridized carbons (Fsp3) is 0.208. The van der Waals surface area contributed by atoms with Crippen LogP contribution in [0, 0.1) is 0 Å². The molecular weight excluding hydrogens is 519 g/mol. The molecule has 0 aliphatic rings. The number of hydrogen-bond acceptors (Lipinski definition) is 5. The smallest absolute Gasteiger partial charge is 0.310 e. The molecule has 0 radical (unpaired) electrons. The van der Waals surface area contributed by atoms with Crippen molar-refractivity contribution >= 4 is 10.2 Å². The van der Waals surface area contributed by atoms with Gasteiger partial charge in [0.2, 0.25) is 0 Å². The number of rotatable bonds is 8. The highest BCUT2D eigenvalue weighted by molar-refractivity contribution is 8.45. The van der Waals surface area contributed by atoms with Gasteiger partial charge in [0.15, 0.2) is 11.5 Å². The lowest BCUT2D eigenvalue weighted by Gasteiger charge is -2.40. The maximum atomic E-state index is 13.0. The monoisotopic (exact) mass is 542 g/mol. The van der Waals surface area contributed by atoms with Crippen LogP contribution in [0.15, 0.2) is 70.6 Å². The quantitative estimate of drug-likeness (QED) is 0.257. The van der Waals surface area contributed by atoms with Gasteiger partial charge < -0.3 is 14.5 Å². The van der Waals surface area contributed by atoms with Crippen LogP contribution in [0.1, 0.15) is 29.9 Å². The van der Waals surface area contributed by atoms with Crippen LogP contribution >= 0.6 is 10.2 Å². The Balaban J connectivity index is 1.58. The number of aromatic amines is 1. The van der Waals surface area contributed by atoms with Crippen molar-refractivity contribution in [3.05, 3.63) is 88.2 Å². The van der Waals surface area contributed by atoms with Gasteiger partial charge in [-0.25, -0.2) is 4.98 Å². The first-order chi connectivity index (χ1) is 17.2. The molecule has 0 spiro atoms. The number of nitrogens with one attached hydrogen (secondary N) is 1. The predicted octanol–water partition coefficient (Wildman–Crippen LogP) is 6.51. The highest BCUT2D eigenvalue weighted by atomic mass is 32.5. The Labute approximate surface area is 208 Å². The molecule has 1 atom stereocenters. The Morgan fingerprint density at radius 1 is 0.973 bits per heavy atom. The van der Waals surface area contributed by atoms with E-state index in [1.165, 1.54) is 31.2 Å². The molecule has 37 heavy (non-hydrogen) atoms. The SMILES string of the molecule is COc1ccc(Cc2nc(-c3cnn(C(C)c4ccc(S(F)(F)(F)(F)F)cc4)c3)cc(=O)[nH]2)cc1OC. The third-order valence-electron chi connectivity index (χ3n) is 5.71. The summed E-state index contributed by atoms with van der Waals surface area (Å²) in [6.45, 7) is 1.65. The maximum absolute atomic E-state index is 13.0. The van der Waals surface area contributed by atoms with E-state index in [-0.39, 0.29) is 5.56 Å². The summed E-state index contributed by atoms with van der Waals surface area (Å²) in [5.74, 6) is 1.48. The molecule has 0 aliphatic carbocycles. The summed E-state index contributed by atoms with van der Waals surface area (Å²) < 4.78 is 77.0. The summed E-state index contributed by atoms with van der Waals surface area (Å²) in [6, 6.07) is 8.78. The van der Waals surface area contributed by atoms with Crippen molar-refractivity contribution in [2.75, 3.05) is 14.2 Å². The van der Waals surface area contributed by atoms with Gasteiger partial charge in [-0.15, -0.1) is 0 Å². The molecule has 2 heterocycles. The van der Waals surface area contributed by atoms with Crippen molar-refractivity contribution in [1.29, 1.82) is 0 Å². The molecule has 1 unspecified atom stereocenters. The van der Waals surface area contributed by atoms with Gasteiger partial charge in [0.1, 0.15) is 10.7 Å². The van der Waals surface area contributed by atoms with Gasteiger partial charge in [-0.3, -0.25) is 9.48 Å². The number of nitrogens with zero attached hydrogens (tertiary/aromatic N) is 3. The van der Waals surface area contributed by atoms with Gasteiger partial charge >= 0.3 is 10.2 Å². The molecule has 0 aliphatic heterocycles. The summed E-state index contributed by atoms with van der Waals surface area (Å²) in [5, 5.41) is 4.22. The van der Waals surface area contributed by atoms with E-state index in [1.54, 1.807) is 25.3 Å². The average Bonchev–Trinajstić information content (AvgIpc) is 3.32. The topological polar surface area (TPSA) is 82.0 Å². The molecule has 4 rings (SSSR count). The average molecular weight is 543 g/mol. The molecule has 0 bridgehead atoms. The van der Waals surface area contributed by atoms with Gasteiger partial charge in [-0.05, 0) is 42.3 Å². The fourth-order valence-corrected chi connectivity index (χ4v) is 4.41. The summed E-state index contributed by atoms with van der Waals surface area (Å²) >= 11 is 0. The van der Waals surface area contributed by atoms with Crippen LogP contribution in [0.4, 0.5) is 19.4 Å². The fourth-order valence-electron chi connectivity index (χ4n) is 3.76. The zero-order valence-corrected chi connectivity index (χ0v) is 20.7. The molecule has 0 fully saturated rings. The Bertz CT molecular complexity index is 1500. The number of benzene rings is 2. The minimum atomic E-state index is -9.75. The molecule has 4 aromatic rings. The van der Waals surface area contributed by atoms with Crippen molar-refractivity contribution in [1.82, 2.24) is 19.7 Å². The number of hydrogen-bond donors (Lipinski definition) is 1. The van der Waals surface area contributed by atoms with Crippen molar-refractivity contribution in [3.8, 4) is 22.8 Å². The van der Waals surface area contributed by atoms with E-state index < -0.39 is 21.2 Å². The second-order valence-corrected chi connectivity index (χ2v) is 10.8. The van der Waals surface area contributed by atoms with E-state index in [1.807, 2.05) is 6.07 Å². The highest BCUT2D eigenvalue weighted by Crippen LogP contribution is 3.02. The lowest BCUT2D eigenvalue weighted by atomic mass is 10.1. The first-order valence-corrected chi connectivity index (χ1v) is 12.8. The molecule has 198 valence electrons. The van der Waals surface area contributed by atoms with E-state index in [4.69, 9.17) is 9.47 Å². The molecule has 2 aromatic heterocycles. The number of methoxy groups -OCH3 is 2. The molecular formula is C24H23F5N4O3S. The van der Waals surface area contributed by atoms with E-state index >= 15 is 0 Å². The zero-order chi connectivity index (χ0) is 27.1. The van der Waals surface area contributed by atoms with Gasteiger partial charge in [0, 0.05) is 24.2 Å². The standard InChI is InChI=1S/C24H23F5N4O3S/c1-15(17-5-7-19(8-6-17)37(25,26,27,28)29)33-14-18(13-30-33)20-12-24(34)32-23(31-20)11-16-4-9-21(35-2)22(10-16)36-3/h4-10,12-15H,11H2,1-3H3,(H,31,32,34). The second kappa shape index (κ2) is 8.61. The second-order valence-electron chi connectivity index (χ2n) is 8.37. The van der Waals surface area contributed by atoms with Crippen molar-refractivity contribution < 1.29 is 28.9 Å². The van der Waals surface area contributed by atoms with Crippen LogP contribution in [0.25, 0.3) is 11.3 Å². The van der Waals surface area contributed by atoms with Gasteiger partial charge in [-0.1, -0.05) is 37.6 Å². The predicted molar refractivity (Wildman–Crippen MR) is 130 cm³/mol. The minimum Gasteiger partial charge on any atom is -0.493 e. The Kier molecular flexibility index (Phi) is 6.10. The lowest BCUT2D eigenvalue weighted by Crippen LogP contribution is -2.11.